The second kappa shape index (κ2) is 12.0. The molecule has 0 radical (unpaired) electrons. The molecule has 2 unspecified atom stereocenters. The molecule has 0 aliphatic rings. The van der Waals surface area contributed by atoms with Gasteiger partial charge >= 0.3 is 5.97 Å². The molecule has 1 N–H and O–H groups in total. The number of esters is 1. The van der Waals surface area contributed by atoms with Gasteiger partial charge in [0.25, 0.3) is 8.32 Å². The number of carbonyl (C=O) groups excluding carboxylic acids is 1. The first-order valence-corrected chi connectivity index (χ1v) is 13.8. The first-order chi connectivity index (χ1) is 16.8. The van der Waals surface area contributed by atoms with Gasteiger partial charge in [-0.1, -0.05) is 111 Å². The van der Waals surface area contributed by atoms with E-state index < -0.39 is 20.4 Å². The summed E-state index contributed by atoms with van der Waals surface area (Å²) in [5.41, 5.74) is 0.456. The Morgan fingerprint density at radius 3 is 1.86 bits per heavy atom. The first kappa shape index (κ1) is 26.4. The highest BCUT2D eigenvalue weighted by Crippen LogP contribution is 2.36. The monoisotopic (exact) mass is 486 g/mol. The Balaban J connectivity index is 1.71. The molecule has 4 nitrogen and oxygen atoms in total. The fraction of sp³-hybridized carbons (Fsp3) is 0.300. The van der Waals surface area contributed by atoms with Crippen LogP contribution < -0.4 is 10.4 Å². The van der Waals surface area contributed by atoms with Gasteiger partial charge in [0.1, 0.15) is 12.7 Å². The number of hydrogen-bond acceptors (Lipinski definition) is 4. The minimum Gasteiger partial charge on any atom is -0.459 e. The van der Waals surface area contributed by atoms with Crippen LogP contribution in [-0.4, -0.2) is 38.7 Å². The van der Waals surface area contributed by atoms with E-state index in [1.807, 2.05) is 25.1 Å². The van der Waals surface area contributed by atoms with E-state index in [4.69, 9.17) is 9.16 Å². The van der Waals surface area contributed by atoms with Crippen molar-refractivity contribution >= 4 is 24.7 Å². The lowest BCUT2D eigenvalue weighted by molar-refractivity contribution is 0.0180. The maximum atomic E-state index is 12.1. The summed E-state index contributed by atoms with van der Waals surface area (Å²) in [5, 5.41) is 12.7. The van der Waals surface area contributed by atoms with Crippen molar-refractivity contribution in [3.05, 3.63) is 96.6 Å². The molecular formula is C30H34O4Si. The molecular weight excluding hydrogens is 452 g/mol. The van der Waals surface area contributed by atoms with Crippen LogP contribution in [0.5, 0.6) is 0 Å². The standard InChI is InChI=1S/C30H34O4Si/c1-24(28(31)23-33-29(32)25-16-8-5-9-17-25)15-14-22-34-35(30(2,3)4,26-18-10-6-11-19-26)27-20-12-7-13-21-27/h5-13,16-21,24,28,31H,22-23H2,1-4H3. The third-order valence-corrected chi connectivity index (χ3v) is 11.1. The van der Waals surface area contributed by atoms with Gasteiger partial charge in [-0.05, 0) is 34.5 Å². The molecule has 0 bridgehead atoms. The number of aliphatic hydroxyl groups is 1. The minimum atomic E-state index is -2.65. The van der Waals surface area contributed by atoms with Crippen molar-refractivity contribution in [1.29, 1.82) is 0 Å². The Morgan fingerprint density at radius 2 is 1.37 bits per heavy atom. The van der Waals surface area contributed by atoms with Crippen LogP contribution in [0.3, 0.4) is 0 Å². The minimum absolute atomic E-state index is 0.112. The largest absolute Gasteiger partial charge is 0.459 e. The highest BCUT2D eigenvalue weighted by atomic mass is 28.4. The van der Waals surface area contributed by atoms with E-state index in [2.05, 4.69) is 81.1 Å². The zero-order valence-corrected chi connectivity index (χ0v) is 21.9. The van der Waals surface area contributed by atoms with E-state index in [0.717, 1.165) is 0 Å². The second-order valence-corrected chi connectivity index (χ2v) is 13.9. The molecule has 35 heavy (non-hydrogen) atoms. The predicted octanol–water partition coefficient (Wildman–Crippen LogP) is 4.42. The van der Waals surface area contributed by atoms with E-state index in [9.17, 15) is 9.90 Å². The lowest BCUT2D eigenvalue weighted by Crippen LogP contribution is -2.66. The summed E-state index contributed by atoms with van der Waals surface area (Å²) in [4.78, 5) is 12.1. The predicted molar refractivity (Wildman–Crippen MR) is 143 cm³/mol. The van der Waals surface area contributed by atoms with E-state index in [-0.39, 0.29) is 24.2 Å². The zero-order valence-electron chi connectivity index (χ0n) is 20.9. The van der Waals surface area contributed by atoms with Gasteiger partial charge in [-0.3, -0.25) is 0 Å². The molecule has 0 saturated heterocycles. The molecule has 0 amide bonds. The van der Waals surface area contributed by atoms with Gasteiger partial charge in [0, 0.05) is 5.92 Å². The maximum absolute atomic E-state index is 12.1. The Kier molecular flexibility index (Phi) is 9.05. The molecule has 5 heteroatoms. The molecule has 3 aromatic carbocycles. The van der Waals surface area contributed by atoms with Crippen LogP contribution in [0, 0.1) is 17.8 Å². The number of benzene rings is 3. The summed E-state index contributed by atoms with van der Waals surface area (Å²) in [7, 11) is -2.65. The van der Waals surface area contributed by atoms with Crippen molar-refractivity contribution < 1.29 is 19.1 Å². The highest BCUT2D eigenvalue weighted by Gasteiger charge is 2.49. The third kappa shape index (κ3) is 6.49. The van der Waals surface area contributed by atoms with Crippen molar-refractivity contribution in [3.8, 4) is 11.8 Å². The first-order valence-electron chi connectivity index (χ1n) is 11.9. The van der Waals surface area contributed by atoms with Crippen LogP contribution in [-0.2, 0) is 9.16 Å². The highest BCUT2D eigenvalue weighted by molar-refractivity contribution is 6.99. The summed E-state index contributed by atoms with van der Waals surface area (Å²) in [6, 6.07) is 29.6. The number of aliphatic hydroxyl groups excluding tert-OH is 1. The van der Waals surface area contributed by atoms with Gasteiger partial charge in [-0.25, -0.2) is 4.79 Å². The normalized spacial score (nSPS) is 13.3. The third-order valence-electron chi connectivity index (χ3n) is 6.08. The molecule has 3 rings (SSSR count). The summed E-state index contributed by atoms with van der Waals surface area (Å²) in [6.07, 6.45) is -0.886. The van der Waals surface area contributed by atoms with E-state index in [1.54, 1.807) is 24.3 Å². The van der Waals surface area contributed by atoms with Gasteiger partial charge in [-0.15, -0.1) is 0 Å². The molecule has 0 fully saturated rings. The molecule has 0 heterocycles. The fourth-order valence-electron chi connectivity index (χ4n) is 4.17. The van der Waals surface area contributed by atoms with Crippen LogP contribution in [0.15, 0.2) is 91.0 Å². The van der Waals surface area contributed by atoms with Crippen LogP contribution in [0.1, 0.15) is 38.1 Å². The van der Waals surface area contributed by atoms with Crippen molar-refractivity contribution in [1.82, 2.24) is 0 Å². The second-order valence-electron chi connectivity index (χ2n) is 9.59. The number of hydrogen-bond donors (Lipinski definition) is 1. The lowest BCUT2D eigenvalue weighted by atomic mass is 10.1. The average molecular weight is 487 g/mol. The number of rotatable bonds is 8. The van der Waals surface area contributed by atoms with Crippen molar-refractivity contribution in [2.24, 2.45) is 5.92 Å². The quantitative estimate of drug-likeness (QED) is 0.291. The van der Waals surface area contributed by atoms with Gasteiger partial charge in [-0.2, -0.15) is 0 Å². The molecule has 0 aromatic heterocycles. The smallest absolute Gasteiger partial charge is 0.338 e. The van der Waals surface area contributed by atoms with E-state index in [0.29, 0.717) is 5.56 Å². The fourth-order valence-corrected chi connectivity index (χ4v) is 8.61. The zero-order chi connectivity index (χ0) is 25.3. The molecule has 0 aliphatic heterocycles. The number of carbonyl (C=O) groups is 1. The van der Waals surface area contributed by atoms with Gasteiger partial charge in [0.05, 0.1) is 12.2 Å². The molecule has 0 aliphatic carbocycles. The lowest BCUT2D eigenvalue weighted by Gasteiger charge is -2.42. The summed E-state index contributed by atoms with van der Waals surface area (Å²) in [6.45, 7) is 8.62. The Bertz CT molecular complexity index is 1090. The Hall–Kier alpha value is -3.17. The summed E-state index contributed by atoms with van der Waals surface area (Å²) in [5.74, 6) is 5.36. The molecule has 2 atom stereocenters. The van der Waals surface area contributed by atoms with Gasteiger partial charge in [0.2, 0.25) is 0 Å². The van der Waals surface area contributed by atoms with Gasteiger partial charge < -0.3 is 14.3 Å². The van der Waals surface area contributed by atoms with Gasteiger partial charge in [0.15, 0.2) is 0 Å². The average Bonchev–Trinajstić information content (AvgIpc) is 2.87. The van der Waals surface area contributed by atoms with Crippen molar-refractivity contribution in [3.63, 3.8) is 0 Å². The SMILES string of the molecule is CC(C#CCO[Si](c1ccccc1)(c1ccccc1)C(C)(C)C)C(O)COC(=O)c1ccccc1. The summed E-state index contributed by atoms with van der Waals surface area (Å²) < 4.78 is 12.0. The van der Waals surface area contributed by atoms with Crippen molar-refractivity contribution in [2.45, 2.75) is 38.8 Å². The maximum Gasteiger partial charge on any atom is 0.338 e. The van der Waals surface area contributed by atoms with E-state index in [1.165, 1.54) is 10.4 Å². The van der Waals surface area contributed by atoms with E-state index >= 15 is 0 Å². The molecule has 182 valence electrons. The topological polar surface area (TPSA) is 55.8 Å². The molecule has 3 aromatic rings. The van der Waals surface area contributed by atoms with Crippen LogP contribution in [0.4, 0.5) is 0 Å². The Morgan fingerprint density at radius 1 is 0.886 bits per heavy atom. The molecule has 0 spiro atoms. The van der Waals surface area contributed by atoms with Crippen molar-refractivity contribution in [2.75, 3.05) is 13.2 Å². The Labute approximate surface area is 210 Å². The molecule has 0 saturated carbocycles. The van der Waals surface area contributed by atoms with Crippen LogP contribution >= 0.6 is 0 Å². The number of ether oxygens (including phenoxy) is 1. The van der Waals surface area contributed by atoms with Crippen LogP contribution in [0.25, 0.3) is 0 Å². The van der Waals surface area contributed by atoms with Crippen LogP contribution in [0.2, 0.25) is 5.04 Å². The summed E-state index contributed by atoms with van der Waals surface area (Å²) >= 11 is 0.